The molecule has 206 valence electrons. The fraction of sp³-hybridized carbons (Fsp3) is 0.536. The molecular weight excluding hydrogens is 480 g/mol. The van der Waals surface area contributed by atoms with Gasteiger partial charge in [0.1, 0.15) is 11.4 Å². The predicted octanol–water partition coefficient (Wildman–Crippen LogP) is 2.04. The van der Waals surface area contributed by atoms with Crippen LogP contribution in [0.3, 0.4) is 0 Å². The van der Waals surface area contributed by atoms with Crippen molar-refractivity contribution >= 4 is 11.4 Å². The Bertz CT molecular complexity index is 1190. The third kappa shape index (κ3) is 7.96. The number of nitrogens with zero attached hydrogens (tertiary/aromatic N) is 5. The summed E-state index contributed by atoms with van der Waals surface area (Å²) < 4.78 is 7.23. The zero-order valence-corrected chi connectivity index (χ0v) is 23.6. The molecule has 0 saturated carbocycles. The van der Waals surface area contributed by atoms with E-state index < -0.39 is 0 Å². The molecule has 2 aromatic rings. The molecule has 1 saturated heterocycles. The van der Waals surface area contributed by atoms with Crippen molar-refractivity contribution in [1.82, 2.24) is 25.3 Å². The van der Waals surface area contributed by atoms with Gasteiger partial charge >= 0.3 is 0 Å². The van der Waals surface area contributed by atoms with Crippen LogP contribution in [-0.2, 0) is 13.1 Å². The smallest absolute Gasteiger partial charge is 0.292 e. The summed E-state index contributed by atoms with van der Waals surface area (Å²) in [5.41, 5.74) is 2.99. The van der Waals surface area contributed by atoms with E-state index in [0.29, 0.717) is 54.6 Å². The molecule has 0 unspecified atom stereocenters. The summed E-state index contributed by atoms with van der Waals surface area (Å²) >= 11 is 0. The molecule has 0 amide bonds. The number of rotatable bonds is 11. The lowest BCUT2D eigenvalue weighted by Crippen LogP contribution is -2.49. The Morgan fingerprint density at radius 1 is 1.21 bits per heavy atom. The zero-order valence-electron chi connectivity index (χ0n) is 23.6. The average molecular weight is 523 g/mol. The largest absolute Gasteiger partial charge is 0.494 e. The van der Waals surface area contributed by atoms with Crippen LogP contribution in [0.1, 0.15) is 44.4 Å². The summed E-state index contributed by atoms with van der Waals surface area (Å²) in [6.45, 7) is 13.6. The SMILES string of the molecule is CC.CC#CCN(CN1CCNCC1)c1c(NC)cnn(Cc2cc(OCC)c(CNC)cc2C#N)c1=O. The van der Waals surface area contributed by atoms with Gasteiger partial charge in [0.2, 0.25) is 0 Å². The van der Waals surface area contributed by atoms with E-state index in [1.54, 1.807) is 20.2 Å². The van der Waals surface area contributed by atoms with Gasteiger partial charge in [0, 0.05) is 45.3 Å². The third-order valence-corrected chi connectivity index (χ3v) is 6.02. The molecule has 1 aliphatic rings. The number of aromatic nitrogens is 2. The molecule has 38 heavy (non-hydrogen) atoms. The summed E-state index contributed by atoms with van der Waals surface area (Å²) in [4.78, 5) is 18.1. The molecule has 2 heterocycles. The van der Waals surface area contributed by atoms with Crippen LogP contribution in [0.4, 0.5) is 11.4 Å². The van der Waals surface area contributed by atoms with Gasteiger partial charge < -0.3 is 25.6 Å². The number of ether oxygens (including phenoxy) is 1. The van der Waals surface area contributed by atoms with Crippen LogP contribution in [0.5, 0.6) is 5.75 Å². The first kappa shape index (κ1) is 30.7. The maximum absolute atomic E-state index is 13.8. The quantitative estimate of drug-likeness (QED) is 0.382. The molecule has 1 aromatic carbocycles. The molecule has 1 aliphatic heterocycles. The highest BCUT2D eigenvalue weighted by Gasteiger charge is 2.22. The van der Waals surface area contributed by atoms with E-state index in [-0.39, 0.29) is 12.1 Å². The van der Waals surface area contributed by atoms with Gasteiger partial charge in [0.15, 0.2) is 0 Å². The minimum Gasteiger partial charge on any atom is -0.494 e. The average Bonchev–Trinajstić information content (AvgIpc) is 2.95. The van der Waals surface area contributed by atoms with Gasteiger partial charge in [0.05, 0.1) is 49.9 Å². The van der Waals surface area contributed by atoms with Crippen LogP contribution in [0.2, 0.25) is 0 Å². The molecule has 0 atom stereocenters. The van der Waals surface area contributed by atoms with E-state index in [1.165, 1.54) is 4.68 Å². The van der Waals surface area contributed by atoms with Crippen molar-refractivity contribution < 1.29 is 4.74 Å². The number of anilines is 2. The second-order valence-corrected chi connectivity index (χ2v) is 8.45. The highest BCUT2D eigenvalue weighted by Crippen LogP contribution is 2.25. The maximum atomic E-state index is 13.8. The van der Waals surface area contributed by atoms with Crippen LogP contribution < -0.4 is 31.1 Å². The van der Waals surface area contributed by atoms with Crippen molar-refractivity contribution in [2.45, 2.75) is 40.8 Å². The van der Waals surface area contributed by atoms with Crippen molar-refractivity contribution in [3.8, 4) is 23.7 Å². The summed E-state index contributed by atoms with van der Waals surface area (Å²) in [7, 11) is 3.63. The van der Waals surface area contributed by atoms with Crippen LogP contribution in [0.25, 0.3) is 0 Å². The Kier molecular flexibility index (Phi) is 13.2. The fourth-order valence-corrected chi connectivity index (χ4v) is 4.23. The summed E-state index contributed by atoms with van der Waals surface area (Å²) in [6, 6.07) is 5.93. The molecular formula is C28H42N8O2. The van der Waals surface area contributed by atoms with Crippen LogP contribution in [0, 0.1) is 23.2 Å². The topological polar surface area (TPSA) is 110 Å². The van der Waals surface area contributed by atoms with Gasteiger partial charge in [-0.15, -0.1) is 5.92 Å². The monoisotopic (exact) mass is 522 g/mol. The number of benzene rings is 1. The normalized spacial score (nSPS) is 12.9. The standard InChI is InChI=1S/C26H36N8O2.C2H6/c1-5-7-10-33(19-32-11-8-30-9-12-32)25-23(29-4)17-31-34(26(25)35)18-22-14-24(36-6-2)21(16-28-3)13-20(22)15-27;1-2/h13-14,17,28-30H,6,8-12,16,18-19H2,1-4H3;1-2H3. The minimum atomic E-state index is -0.240. The number of piperazine rings is 1. The first-order valence-corrected chi connectivity index (χ1v) is 13.2. The maximum Gasteiger partial charge on any atom is 0.292 e. The number of hydrogen-bond donors (Lipinski definition) is 3. The number of nitrogens with one attached hydrogen (secondary N) is 3. The van der Waals surface area contributed by atoms with Crippen molar-refractivity contribution in [2.75, 3.05) is 70.3 Å². The summed E-state index contributed by atoms with van der Waals surface area (Å²) in [6.07, 6.45) is 1.66. The molecule has 1 fully saturated rings. The highest BCUT2D eigenvalue weighted by molar-refractivity contribution is 5.68. The van der Waals surface area contributed by atoms with E-state index >= 15 is 0 Å². The number of nitriles is 1. The Labute approximate surface area is 227 Å². The Morgan fingerprint density at radius 3 is 2.55 bits per heavy atom. The Morgan fingerprint density at radius 2 is 1.95 bits per heavy atom. The molecule has 0 aliphatic carbocycles. The van der Waals surface area contributed by atoms with E-state index in [1.807, 2.05) is 44.9 Å². The van der Waals surface area contributed by atoms with E-state index in [2.05, 4.69) is 43.9 Å². The molecule has 3 rings (SSSR count). The van der Waals surface area contributed by atoms with Crippen LogP contribution in [-0.4, -0.2) is 74.8 Å². The molecule has 10 heteroatoms. The zero-order chi connectivity index (χ0) is 27.9. The van der Waals surface area contributed by atoms with Crippen LogP contribution >= 0.6 is 0 Å². The van der Waals surface area contributed by atoms with Crippen molar-refractivity contribution in [2.24, 2.45) is 0 Å². The first-order chi connectivity index (χ1) is 18.6. The van der Waals surface area contributed by atoms with Crippen molar-refractivity contribution in [1.29, 1.82) is 5.26 Å². The molecule has 0 radical (unpaired) electrons. The van der Waals surface area contributed by atoms with Crippen LogP contribution in [0.15, 0.2) is 23.1 Å². The lowest BCUT2D eigenvalue weighted by Gasteiger charge is -2.34. The Balaban J connectivity index is 0.00000247. The second kappa shape index (κ2) is 16.3. The molecule has 1 aromatic heterocycles. The molecule has 0 spiro atoms. The van der Waals surface area contributed by atoms with Gasteiger partial charge in [0.25, 0.3) is 5.56 Å². The second-order valence-electron chi connectivity index (χ2n) is 8.45. The van der Waals surface area contributed by atoms with E-state index in [0.717, 1.165) is 31.7 Å². The minimum absolute atomic E-state index is 0.152. The summed E-state index contributed by atoms with van der Waals surface area (Å²) in [5.74, 6) is 6.75. The van der Waals surface area contributed by atoms with Gasteiger partial charge in [-0.3, -0.25) is 9.69 Å². The van der Waals surface area contributed by atoms with E-state index in [4.69, 9.17) is 4.74 Å². The van der Waals surface area contributed by atoms with Gasteiger partial charge in [-0.25, -0.2) is 4.68 Å². The van der Waals surface area contributed by atoms with E-state index in [9.17, 15) is 10.1 Å². The predicted molar refractivity (Wildman–Crippen MR) is 154 cm³/mol. The van der Waals surface area contributed by atoms with Crippen molar-refractivity contribution in [3.63, 3.8) is 0 Å². The summed E-state index contributed by atoms with van der Waals surface area (Å²) in [5, 5.41) is 23.8. The first-order valence-electron chi connectivity index (χ1n) is 13.2. The molecule has 0 bridgehead atoms. The van der Waals surface area contributed by atoms with Gasteiger partial charge in [-0.1, -0.05) is 19.8 Å². The highest BCUT2D eigenvalue weighted by atomic mass is 16.5. The lowest BCUT2D eigenvalue weighted by atomic mass is 10.0. The molecule has 3 N–H and O–H groups in total. The van der Waals surface area contributed by atoms with Crippen molar-refractivity contribution in [3.05, 3.63) is 45.4 Å². The third-order valence-electron chi connectivity index (χ3n) is 6.02. The van der Waals surface area contributed by atoms with Gasteiger partial charge in [-0.2, -0.15) is 10.4 Å². The fourth-order valence-electron chi connectivity index (χ4n) is 4.23. The Hall–Kier alpha value is -3.57. The lowest BCUT2D eigenvalue weighted by molar-refractivity contribution is 0.242. The molecule has 10 nitrogen and oxygen atoms in total. The van der Waals surface area contributed by atoms with Gasteiger partial charge in [-0.05, 0) is 38.6 Å². The number of hydrogen-bond acceptors (Lipinski definition) is 9.